The molecule has 0 radical (unpaired) electrons. The molecule has 0 amide bonds. The minimum Gasteiger partial charge on any atom is -0.291 e. The molecule has 3 nitrogen and oxygen atoms in total. The molecule has 7 heteroatoms. The van der Waals surface area contributed by atoms with Gasteiger partial charge >= 0.3 is 6.18 Å². The van der Waals surface area contributed by atoms with Gasteiger partial charge < -0.3 is 0 Å². The largest absolute Gasteiger partial charge is 0.450 e. The van der Waals surface area contributed by atoms with Crippen LogP contribution in [0.15, 0.2) is 39.7 Å². The van der Waals surface area contributed by atoms with Gasteiger partial charge in [0.15, 0.2) is 5.84 Å². The van der Waals surface area contributed by atoms with Gasteiger partial charge in [-0.3, -0.25) is 4.72 Å². The molecule has 0 spiro atoms. The van der Waals surface area contributed by atoms with Crippen LogP contribution in [0, 0.1) is 0 Å². The van der Waals surface area contributed by atoms with Gasteiger partial charge in [0.1, 0.15) is 0 Å². The molecule has 1 aromatic carbocycles. The Morgan fingerprint density at radius 2 is 1.81 bits per heavy atom. The molecule has 16 heavy (non-hydrogen) atoms. The summed E-state index contributed by atoms with van der Waals surface area (Å²) in [5.41, 5.74) is 0.554. The molecule has 0 aromatic heterocycles. The highest BCUT2D eigenvalue weighted by atomic mass is 32.2. The quantitative estimate of drug-likeness (QED) is 0.772. The predicted molar refractivity (Wildman–Crippen MR) is 57.2 cm³/mol. The molecule has 84 valence electrons. The van der Waals surface area contributed by atoms with Gasteiger partial charge in [-0.05, 0) is 0 Å². The summed E-state index contributed by atoms with van der Waals surface area (Å²) in [5, 5.41) is 0. The summed E-state index contributed by atoms with van der Waals surface area (Å²) >= 11 is 0.620. The van der Waals surface area contributed by atoms with Crippen LogP contribution < -0.4 is 4.72 Å². The van der Waals surface area contributed by atoms with Crippen LogP contribution in [0.25, 0.3) is 0 Å². The second-order valence-electron chi connectivity index (χ2n) is 2.93. The average Bonchev–Trinajstić information content (AvgIpc) is 2.29. The minimum atomic E-state index is -4.48. The summed E-state index contributed by atoms with van der Waals surface area (Å²) in [6.07, 6.45) is -4.48. The summed E-state index contributed by atoms with van der Waals surface area (Å²) in [6, 6.07) is 8.51. The lowest BCUT2D eigenvalue weighted by molar-refractivity contribution is -0.0604. The maximum atomic E-state index is 12.4. The van der Waals surface area contributed by atoms with Crippen molar-refractivity contribution in [3.63, 3.8) is 0 Å². The monoisotopic (exact) mass is 245 g/mol. The van der Waals surface area contributed by atoms with E-state index in [0.29, 0.717) is 17.7 Å². The average molecular weight is 245 g/mol. The first-order valence-electron chi connectivity index (χ1n) is 4.29. The summed E-state index contributed by atoms with van der Waals surface area (Å²) in [7, 11) is 0. The van der Waals surface area contributed by atoms with Crippen LogP contribution in [0.1, 0.15) is 5.56 Å². The van der Waals surface area contributed by atoms with Crippen LogP contribution in [0.5, 0.6) is 0 Å². The molecule has 0 saturated heterocycles. The maximum absolute atomic E-state index is 12.4. The van der Waals surface area contributed by atoms with E-state index in [9.17, 15) is 13.2 Å². The van der Waals surface area contributed by atoms with Gasteiger partial charge in [-0.1, -0.05) is 30.3 Å². The van der Waals surface area contributed by atoms with Gasteiger partial charge in [0.2, 0.25) is 5.84 Å². The standard InChI is InChI=1S/C9H6F3N3S/c10-9(11,12)8-13-7(14-16-15-8)6-4-2-1-3-5-6/h1-5H,(H,13,14,15). The topological polar surface area (TPSA) is 36.8 Å². The first-order valence-corrected chi connectivity index (χ1v) is 5.06. The highest BCUT2D eigenvalue weighted by Gasteiger charge is 2.37. The second-order valence-corrected chi connectivity index (χ2v) is 3.50. The Morgan fingerprint density at radius 1 is 1.12 bits per heavy atom. The number of hydrogen-bond acceptors (Lipinski definition) is 4. The number of nitrogens with one attached hydrogen (secondary N) is 1. The van der Waals surface area contributed by atoms with Crippen molar-refractivity contribution >= 4 is 23.8 Å². The lowest BCUT2D eigenvalue weighted by Gasteiger charge is -2.14. The van der Waals surface area contributed by atoms with Gasteiger partial charge in [-0.15, -0.1) is 0 Å². The molecule has 1 aromatic rings. The number of benzene rings is 1. The van der Waals surface area contributed by atoms with E-state index in [0.717, 1.165) is 0 Å². The van der Waals surface area contributed by atoms with Crippen LogP contribution in [0.2, 0.25) is 0 Å². The van der Waals surface area contributed by atoms with Gasteiger partial charge in [-0.25, -0.2) is 4.99 Å². The van der Waals surface area contributed by atoms with Crippen molar-refractivity contribution in [2.24, 2.45) is 9.39 Å². The lowest BCUT2D eigenvalue weighted by atomic mass is 10.2. The first kappa shape index (κ1) is 11.0. The van der Waals surface area contributed by atoms with E-state index in [1.54, 1.807) is 30.3 Å². The van der Waals surface area contributed by atoms with Gasteiger partial charge in [0.05, 0.1) is 12.1 Å². The van der Waals surface area contributed by atoms with Crippen molar-refractivity contribution in [2.45, 2.75) is 6.18 Å². The molecule has 1 aliphatic heterocycles. The third-order valence-electron chi connectivity index (χ3n) is 1.79. The third-order valence-corrected chi connectivity index (χ3v) is 2.34. The van der Waals surface area contributed by atoms with Crippen LogP contribution in [0.3, 0.4) is 0 Å². The zero-order valence-electron chi connectivity index (χ0n) is 7.82. The summed E-state index contributed by atoms with van der Waals surface area (Å²) < 4.78 is 42.9. The van der Waals surface area contributed by atoms with Crippen molar-refractivity contribution in [2.75, 3.05) is 0 Å². The van der Waals surface area contributed by atoms with E-state index in [4.69, 9.17) is 0 Å². The molecule has 0 saturated carbocycles. The Bertz CT molecular complexity index is 439. The van der Waals surface area contributed by atoms with Crippen molar-refractivity contribution < 1.29 is 13.2 Å². The lowest BCUT2D eigenvalue weighted by Crippen LogP contribution is -2.35. The molecule has 2 rings (SSSR count). The maximum Gasteiger partial charge on any atom is 0.450 e. The molecule has 0 unspecified atom stereocenters. The zero-order valence-corrected chi connectivity index (χ0v) is 8.64. The van der Waals surface area contributed by atoms with Crippen LogP contribution >= 0.6 is 12.1 Å². The van der Waals surface area contributed by atoms with E-state index < -0.39 is 12.0 Å². The highest BCUT2D eigenvalue weighted by molar-refractivity contribution is 7.96. The minimum absolute atomic E-state index is 0.0664. The molecular weight excluding hydrogens is 239 g/mol. The predicted octanol–water partition coefficient (Wildman–Crippen LogP) is 2.56. The SMILES string of the molecule is FC(F)(F)C1=NC(c2ccccc2)=NSN1. The molecule has 1 N–H and O–H groups in total. The van der Waals surface area contributed by atoms with Crippen molar-refractivity contribution in [3.05, 3.63) is 35.9 Å². The van der Waals surface area contributed by atoms with Crippen molar-refractivity contribution in [1.82, 2.24) is 4.72 Å². The number of nitrogens with zero attached hydrogens (tertiary/aromatic N) is 2. The van der Waals surface area contributed by atoms with Crippen molar-refractivity contribution in [3.8, 4) is 0 Å². The van der Waals surface area contributed by atoms with E-state index >= 15 is 0 Å². The zero-order chi connectivity index (χ0) is 11.6. The van der Waals surface area contributed by atoms with E-state index in [2.05, 4.69) is 9.39 Å². The summed E-state index contributed by atoms with van der Waals surface area (Å²) in [5.74, 6) is -0.969. The molecule has 0 bridgehead atoms. The number of aliphatic imine (C=N–C) groups is 1. The summed E-state index contributed by atoms with van der Waals surface area (Å²) in [4.78, 5) is 3.43. The van der Waals surface area contributed by atoms with Gasteiger partial charge in [-0.2, -0.15) is 17.6 Å². The van der Waals surface area contributed by atoms with E-state index in [1.165, 1.54) is 0 Å². The fourth-order valence-corrected chi connectivity index (χ4v) is 1.61. The fraction of sp³-hybridized carbons (Fsp3) is 0.111. The molecule has 0 fully saturated rings. The van der Waals surface area contributed by atoms with E-state index in [1.807, 2.05) is 4.72 Å². The van der Waals surface area contributed by atoms with Crippen LogP contribution in [-0.2, 0) is 0 Å². The van der Waals surface area contributed by atoms with Crippen LogP contribution in [-0.4, -0.2) is 17.8 Å². The normalized spacial score (nSPS) is 16.2. The van der Waals surface area contributed by atoms with Gasteiger partial charge in [0.25, 0.3) is 0 Å². The van der Waals surface area contributed by atoms with Crippen LogP contribution in [0.4, 0.5) is 13.2 Å². The Hall–Kier alpha value is -1.50. The molecule has 0 aliphatic carbocycles. The molecular formula is C9H6F3N3S. The Labute approximate surface area is 93.8 Å². The number of alkyl halides is 3. The first-order chi connectivity index (χ1) is 7.57. The fourth-order valence-electron chi connectivity index (χ4n) is 1.08. The highest BCUT2D eigenvalue weighted by Crippen LogP contribution is 2.21. The number of hydrogen-bond donors (Lipinski definition) is 1. The Balaban J connectivity index is 2.32. The van der Waals surface area contributed by atoms with Crippen molar-refractivity contribution in [1.29, 1.82) is 0 Å². The molecule has 0 atom stereocenters. The second kappa shape index (κ2) is 4.17. The Morgan fingerprint density at radius 3 is 2.44 bits per heavy atom. The molecule has 1 aliphatic rings. The third kappa shape index (κ3) is 2.35. The summed E-state index contributed by atoms with van der Waals surface area (Å²) in [6.45, 7) is 0. The molecule has 1 heterocycles. The smallest absolute Gasteiger partial charge is 0.291 e. The number of rotatable bonds is 1. The number of halogens is 3. The van der Waals surface area contributed by atoms with E-state index in [-0.39, 0.29) is 5.84 Å². The van der Waals surface area contributed by atoms with Gasteiger partial charge in [0, 0.05) is 5.56 Å². The number of amidine groups is 2. The Kier molecular flexibility index (Phi) is 2.86.